The molecule has 4 aliphatic rings. The Morgan fingerprint density at radius 3 is 2.50 bits per heavy atom. The number of alkyl halides is 1. The number of hydrogen-bond donors (Lipinski definition) is 1. The first-order valence-corrected chi connectivity index (χ1v) is 12.6. The summed E-state index contributed by atoms with van der Waals surface area (Å²) in [6.45, 7) is 2.78. The van der Waals surface area contributed by atoms with Crippen molar-refractivity contribution < 1.29 is 23.5 Å². The van der Waals surface area contributed by atoms with Gasteiger partial charge in [0, 0.05) is 45.3 Å². The van der Waals surface area contributed by atoms with Gasteiger partial charge in [-0.3, -0.25) is 19.7 Å². The van der Waals surface area contributed by atoms with Gasteiger partial charge in [0.1, 0.15) is 11.7 Å². The summed E-state index contributed by atoms with van der Waals surface area (Å²) in [5.41, 5.74) is 0.525. The van der Waals surface area contributed by atoms with Crippen molar-refractivity contribution in [1.29, 1.82) is 0 Å². The van der Waals surface area contributed by atoms with Gasteiger partial charge in [-0.2, -0.15) is 0 Å². The summed E-state index contributed by atoms with van der Waals surface area (Å²) >= 11 is 0. The second-order valence-electron chi connectivity index (χ2n) is 10.4. The molecule has 2 saturated heterocycles. The van der Waals surface area contributed by atoms with Crippen molar-refractivity contribution in [1.82, 2.24) is 15.1 Å². The number of rotatable bonds is 5. The van der Waals surface area contributed by atoms with E-state index in [9.17, 15) is 14.4 Å². The average Bonchev–Trinajstić information content (AvgIpc) is 3.17. The zero-order chi connectivity index (χ0) is 23.9. The first kappa shape index (κ1) is 23.4. The summed E-state index contributed by atoms with van der Waals surface area (Å²) in [4.78, 5) is 40.6. The predicted octanol–water partition coefficient (Wildman–Crippen LogP) is 2.91. The maximum atomic E-state index is 16.0. The van der Waals surface area contributed by atoms with Crippen molar-refractivity contribution in [3.8, 4) is 0 Å². The molecule has 1 aliphatic carbocycles. The molecule has 3 fully saturated rings. The Hall–Kier alpha value is -2.32. The van der Waals surface area contributed by atoms with E-state index in [0.717, 1.165) is 38.0 Å². The fourth-order valence-corrected chi connectivity index (χ4v) is 6.15. The average molecular weight is 472 g/mol. The zero-order valence-corrected chi connectivity index (χ0v) is 19.9. The summed E-state index contributed by atoms with van der Waals surface area (Å²) in [5, 5.41) is 2.32. The minimum atomic E-state index is -1.40. The van der Waals surface area contributed by atoms with Gasteiger partial charge in [0.2, 0.25) is 11.8 Å². The first-order valence-electron chi connectivity index (χ1n) is 12.6. The Morgan fingerprint density at radius 2 is 1.82 bits per heavy atom. The number of ether oxygens (including phenoxy) is 1. The molecular formula is C26H34FN3O4. The molecule has 0 spiro atoms. The fourth-order valence-electron chi connectivity index (χ4n) is 6.15. The molecule has 0 aromatic heterocycles. The second-order valence-corrected chi connectivity index (χ2v) is 10.4. The molecule has 8 heteroatoms. The van der Waals surface area contributed by atoms with Crippen molar-refractivity contribution in [3.63, 3.8) is 0 Å². The third kappa shape index (κ3) is 4.50. The van der Waals surface area contributed by atoms with Crippen LogP contribution in [-0.4, -0.2) is 66.4 Å². The van der Waals surface area contributed by atoms with Gasteiger partial charge in [-0.1, -0.05) is 12.1 Å². The summed E-state index contributed by atoms with van der Waals surface area (Å²) in [7, 11) is 1.79. The van der Waals surface area contributed by atoms with Gasteiger partial charge in [0.25, 0.3) is 5.91 Å². The van der Waals surface area contributed by atoms with Crippen LogP contribution < -0.4 is 5.32 Å². The Labute approximate surface area is 200 Å². The quantitative estimate of drug-likeness (QED) is 0.668. The van der Waals surface area contributed by atoms with Crippen molar-refractivity contribution in [2.75, 3.05) is 26.7 Å². The highest BCUT2D eigenvalue weighted by Crippen LogP contribution is 2.40. The van der Waals surface area contributed by atoms with Gasteiger partial charge in [0.15, 0.2) is 0 Å². The lowest BCUT2D eigenvalue weighted by atomic mass is 9.83. The highest BCUT2D eigenvalue weighted by molar-refractivity contribution is 6.05. The first-order chi connectivity index (χ1) is 16.4. The van der Waals surface area contributed by atoms with Gasteiger partial charge < -0.3 is 14.5 Å². The lowest BCUT2D eigenvalue weighted by Gasteiger charge is -2.39. The number of likely N-dealkylation sites (tertiary alicyclic amines) is 1. The van der Waals surface area contributed by atoms with E-state index in [1.54, 1.807) is 19.2 Å². The molecule has 5 rings (SSSR count). The van der Waals surface area contributed by atoms with Gasteiger partial charge in [-0.25, -0.2) is 4.39 Å². The third-order valence-corrected chi connectivity index (χ3v) is 8.33. The van der Waals surface area contributed by atoms with Crippen molar-refractivity contribution >= 4 is 17.7 Å². The number of imide groups is 1. The summed E-state index contributed by atoms with van der Waals surface area (Å²) in [6, 6.07) is 4.62. The number of nitrogens with one attached hydrogen (secondary N) is 1. The number of piperidine rings is 2. The Bertz CT molecular complexity index is 967. The molecule has 1 unspecified atom stereocenters. The van der Waals surface area contributed by atoms with Crippen molar-refractivity contribution in [3.05, 3.63) is 34.9 Å². The van der Waals surface area contributed by atoms with E-state index in [2.05, 4.69) is 10.2 Å². The molecule has 3 amide bonds. The molecule has 1 aromatic carbocycles. The normalized spacial score (nSPS) is 29.8. The van der Waals surface area contributed by atoms with Crippen LogP contribution in [0.5, 0.6) is 0 Å². The second kappa shape index (κ2) is 9.38. The topological polar surface area (TPSA) is 79.0 Å². The molecule has 0 radical (unpaired) electrons. The Balaban J connectivity index is 1.21. The van der Waals surface area contributed by atoms with Crippen molar-refractivity contribution in [2.45, 2.75) is 75.7 Å². The number of benzene rings is 1. The number of amides is 3. The van der Waals surface area contributed by atoms with E-state index < -0.39 is 17.6 Å². The van der Waals surface area contributed by atoms with Crippen LogP contribution in [-0.2, 0) is 26.5 Å². The number of hydrogen-bond acceptors (Lipinski definition) is 5. The molecule has 7 nitrogen and oxygen atoms in total. The van der Waals surface area contributed by atoms with E-state index in [1.807, 2.05) is 6.07 Å². The lowest BCUT2D eigenvalue weighted by molar-refractivity contribution is -0.136. The van der Waals surface area contributed by atoms with Crippen LogP contribution in [0.15, 0.2) is 18.2 Å². The number of fused-ring (bicyclic) bond motifs is 1. The summed E-state index contributed by atoms with van der Waals surface area (Å²) in [5.74, 6) is -0.284. The molecular weight excluding hydrogens is 437 g/mol. The van der Waals surface area contributed by atoms with E-state index in [4.69, 9.17) is 4.74 Å². The third-order valence-electron chi connectivity index (χ3n) is 8.33. The van der Waals surface area contributed by atoms with Gasteiger partial charge >= 0.3 is 0 Å². The van der Waals surface area contributed by atoms with Crippen LogP contribution >= 0.6 is 0 Å². The van der Waals surface area contributed by atoms with Crippen LogP contribution in [0, 0.1) is 5.92 Å². The minimum Gasteiger partial charge on any atom is -0.381 e. The zero-order valence-electron chi connectivity index (χ0n) is 19.9. The smallest absolute Gasteiger partial charge is 0.255 e. The predicted molar refractivity (Wildman–Crippen MR) is 124 cm³/mol. The van der Waals surface area contributed by atoms with Gasteiger partial charge in [0.05, 0.1) is 6.10 Å². The van der Waals surface area contributed by atoms with Crippen LogP contribution in [0.3, 0.4) is 0 Å². The van der Waals surface area contributed by atoms with E-state index in [-0.39, 0.29) is 24.8 Å². The lowest BCUT2D eigenvalue weighted by Crippen LogP contribution is -2.52. The highest BCUT2D eigenvalue weighted by Gasteiger charge is 2.41. The van der Waals surface area contributed by atoms with Gasteiger partial charge in [-0.05, 0) is 68.1 Å². The number of nitrogens with zero attached hydrogens (tertiary/aromatic N) is 2. The molecule has 34 heavy (non-hydrogen) atoms. The van der Waals surface area contributed by atoms with Crippen LogP contribution in [0.4, 0.5) is 4.39 Å². The SMILES string of the molecule is COC1CCC(CN2CCC(F)(c3ccc4c(c3)CN(C3CCC(=O)NC3=O)C4=O)CC2)CC1. The molecule has 184 valence electrons. The van der Waals surface area contributed by atoms with Crippen LogP contribution in [0.2, 0.25) is 0 Å². The largest absolute Gasteiger partial charge is 0.381 e. The van der Waals surface area contributed by atoms with Crippen LogP contribution in [0.25, 0.3) is 0 Å². The van der Waals surface area contributed by atoms with Crippen LogP contribution in [0.1, 0.15) is 72.9 Å². The molecule has 3 heterocycles. The molecule has 1 aromatic rings. The number of methoxy groups -OCH3 is 1. The van der Waals surface area contributed by atoms with E-state index >= 15 is 4.39 Å². The number of halogens is 1. The molecule has 3 aliphatic heterocycles. The van der Waals surface area contributed by atoms with E-state index in [1.165, 1.54) is 17.7 Å². The fraction of sp³-hybridized carbons (Fsp3) is 0.654. The maximum absolute atomic E-state index is 16.0. The molecule has 1 saturated carbocycles. The standard InChI is InChI=1S/C26H34FN3O4/c1-34-20-5-2-17(3-6-20)15-29-12-10-26(27,11-13-29)19-4-7-21-18(14-19)16-30(25(21)33)22-8-9-23(31)28-24(22)32/h4,7,14,17,20,22H,2-3,5-6,8-13,15-16H2,1H3,(H,28,31,32). The van der Waals surface area contributed by atoms with Gasteiger partial charge in [-0.15, -0.1) is 0 Å². The highest BCUT2D eigenvalue weighted by atomic mass is 19.1. The summed E-state index contributed by atoms with van der Waals surface area (Å²) in [6.07, 6.45) is 6.43. The number of carbonyl (C=O) groups excluding carboxylic acids is 3. The monoisotopic (exact) mass is 471 g/mol. The Morgan fingerprint density at radius 1 is 1.09 bits per heavy atom. The minimum absolute atomic E-state index is 0.220. The van der Waals surface area contributed by atoms with E-state index in [0.29, 0.717) is 42.4 Å². The summed E-state index contributed by atoms with van der Waals surface area (Å²) < 4.78 is 21.5. The Kier molecular flexibility index (Phi) is 6.46. The molecule has 1 N–H and O–H groups in total. The van der Waals surface area contributed by atoms with Crippen molar-refractivity contribution in [2.24, 2.45) is 5.92 Å². The number of carbonyl (C=O) groups is 3. The molecule has 0 bridgehead atoms. The molecule has 1 atom stereocenters. The maximum Gasteiger partial charge on any atom is 0.255 e.